The van der Waals surface area contributed by atoms with Gasteiger partial charge < -0.3 is 14.2 Å². The fourth-order valence-electron chi connectivity index (χ4n) is 4.25. The van der Waals surface area contributed by atoms with Crippen molar-refractivity contribution in [3.8, 4) is 45.6 Å². The van der Waals surface area contributed by atoms with Crippen molar-refractivity contribution in [1.82, 2.24) is 0 Å². The third kappa shape index (κ3) is 8.42. The zero-order chi connectivity index (χ0) is 30.8. The first-order chi connectivity index (χ1) is 20.8. The molecule has 5 nitrogen and oxygen atoms in total. The minimum Gasteiger partial charge on any atom is -0.423 e. The van der Waals surface area contributed by atoms with E-state index < -0.39 is 11.9 Å². The van der Waals surface area contributed by atoms with E-state index in [1.54, 1.807) is 25.1 Å². The Morgan fingerprint density at radius 1 is 0.721 bits per heavy atom. The molecule has 0 aliphatic heterocycles. The van der Waals surface area contributed by atoms with Crippen LogP contribution in [-0.4, -0.2) is 25.7 Å². The van der Waals surface area contributed by atoms with Crippen LogP contribution in [0.3, 0.4) is 0 Å². The van der Waals surface area contributed by atoms with Gasteiger partial charge in [0.2, 0.25) is 0 Å². The van der Waals surface area contributed by atoms with Crippen molar-refractivity contribution in [1.29, 1.82) is 0 Å². The zero-order valence-corrected chi connectivity index (χ0v) is 24.7. The molecule has 0 unspecified atom stereocenters. The summed E-state index contributed by atoms with van der Waals surface area (Å²) in [6.07, 6.45) is 2.20. The number of hydrogen-bond donors (Lipinski definition) is 0. The van der Waals surface area contributed by atoms with E-state index in [2.05, 4.69) is 56.2 Å². The van der Waals surface area contributed by atoms with Crippen LogP contribution in [0.5, 0.6) is 11.5 Å². The molecule has 0 atom stereocenters. The van der Waals surface area contributed by atoms with Crippen LogP contribution < -0.4 is 9.47 Å². The molecular weight excluding hydrogens is 536 g/mol. The van der Waals surface area contributed by atoms with Crippen molar-refractivity contribution < 1.29 is 23.8 Å². The Balaban J connectivity index is 1.61. The Morgan fingerprint density at radius 2 is 1.30 bits per heavy atom. The molecule has 4 aromatic rings. The molecular formula is C38H34O5. The van der Waals surface area contributed by atoms with Crippen LogP contribution in [0.2, 0.25) is 0 Å². The summed E-state index contributed by atoms with van der Waals surface area (Å²) in [5.41, 5.74) is 7.18. The molecule has 4 rings (SSSR count). The predicted octanol–water partition coefficient (Wildman–Crippen LogP) is 7.96. The number of aryl methyl sites for hydroxylation is 1. The SMILES string of the molecule is C=C(C)C(=O)Oc1ccc(-c2ccc(OC(=O)C(=C)COC)c(C#Cc3ccc(-c4ccc(CCC)cc4)cc3)c2)cc1. The van der Waals surface area contributed by atoms with Crippen molar-refractivity contribution in [2.45, 2.75) is 26.7 Å². The van der Waals surface area contributed by atoms with Crippen LogP contribution in [0.1, 0.15) is 37.0 Å². The molecule has 0 N–H and O–H groups in total. The standard InChI is InChI=1S/C38H34O5/c1-6-7-28-8-13-30(14-9-28)31-15-10-29(11-16-31)12-17-34-24-33(20-23-36(34)43-38(40)27(4)25-41-5)32-18-21-35(22-19-32)42-37(39)26(2)3/h8-11,13-16,18-24H,2,4,6-7,25H2,1,3,5H3. The van der Waals surface area contributed by atoms with Crippen LogP contribution in [-0.2, 0) is 20.7 Å². The van der Waals surface area contributed by atoms with E-state index >= 15 is 0 Å². The maximum atomic E-state index is 12.6. The fraction of sp³-hybridized carbons (Fsp3) is 0.158. The smallest absolute Gasteiger partial charge is 0.341 e. The van der Waals surface area contributed by atoms with Crippen LogP contribution in [0, 0.1) is 11.8 Å². The summed E-state index contributed by atoms with van der Waals surface area (Å²) in [5.74, 6) is 6.04. The average molecular weight is 571 g/mol. The molecule has 0 heterocycles. The largest absolute Gasteiger partial charge is 0.423 e. The second-order valence-corrected chi connectivity index (χ2v) is 10.1. The van der Waals surface area contributed by atoms with Gasteiger partial charge in [0.15, 0.2) is 0 Å². The highest BCUT2D eigenvalue weighted by atomic mass is 16.5. The summed E-state index contributed by atoms with van der Waals surface area (Å²) in [4.78, 5) is 24.4. The average Bonchev–Trinajstić information content (AvgIpc) is 3.02. The summed E-state index contributed by atoms with van der Waals surface area (Å²) in [6.45, 7) is 11.2. The summed E-state index contributed by atoms with van der Waals surface area (Å²) < 4.78 is 16.0. The number of ether oxygens (including phenoxy) is 3. The molecule has 4 aromatic carbocycles. The van der Waals surface area contributed by atoms with Gasteiger partial charge in [-0.05, 0) is 77.6 Å². The normalized spacial score (nSPS) is 10.3. The van der Waals surface area contributed by atoms with Crippen molar-refractivity contribution >= 4 is 11.9 Å². The second kappa shape index (κ2) is 14.6. The molecule has 0 fully saturated rings. The Kier molecular flexibility index (Phi) is 10.5. The molecule has 5 heteroatoms. The van der Waals surface area contributed by atoms with E-state index in [0.29, 0.717) is 22.6 Å². The van der Waals surface area contributed by atoms with E-state index in [-0.39, 0.29) is 12.2 Å². The van der Waals surface area contributed by atoms with E-state index in [1.165, 1.54) is 12.7 Å². The Bertz CT molecular complexity index is 1680. The first kappa shape index (κ1) is 30.8. The lowest BCUT2D eigenvalue weighted by Gasteiger charge is -2.11. The van der Waals surface area contributed by atoms with E-state index in [1.807, 2.05) is 48.5 Å². The van der Waals surface area contributed by atoms with Gasteiger partial charge in [0, 0.05) is 18.2 Å². The van der Waals surface area contributed by atoms with E-state index in [0.717, 1.165) is 40.7 Å². The maximum absolute atomic E-state index is 12.6. The predicted molar refractivity (Wildman–Crippen MR) is 171 cm³/mol. The minimum absolute atomic E-state index is 0.0634. The number of esters is 2. The lowest BCUT2D eigenvalue weighted by Crippen LogP contribution is -2.14. The summed E-state index contributed by atoms with van der Waals surface area (Å²) >= 11 is 0. The number of hydrogen-bond acceptors (Lipinski definition) is 5. The zero-order valence-electron chi connectivity index (χ0n) is 24.7. The van der Waals surface area contributed by atoms with Gasteiger partial charge in [-0.1, -0.05) is 92.9 Å². The molecule has 216 valence electrons. The topological polar surface area (TPSA) is 61.8 Å². The molecule has 0 aliphatic carbocycles. The monoisotopic (exact) mass is 570 g/mol. The second-order valence-electron chi connectivity index (χ2n) is 10.1. The van der Waals surface area contributed by atoms with Gasteiger partial charge in [-0.3, -0.25) is 0 Å². The van der Waals surface area contributed by atoms with Crippen LogP contribution in [0.15, 0.2) is 115 Å². The van der Waals surface area contributed by atoms with Gasteiger partial charge >= 0.3 is 11.9 Å². The van der Waals surface area contributed by atoms with Crippen LogP contribution >= 0.6 is 0 Å². The summed E-state index contributed by atoms with van der Waals surface area (Å²) in [5, 5.41) is 0. The van der Waals surface area contributed by atoms with Crippen molar-refractivity contribution in [3.05, 3.63) is 132 Å². The van der Waals surface area contributed by atoms with Crippen molar-refractivity contribution in [2.24, 2.45) is 0 Å². The van der Waals surface area contributed by atoms with Crippen LogP contribution in [0.4, 0.5) is 0 Å². The molecule has 0 bridgehead atoms. The molecule has 0 saturated carbocycles. The number of benzene rings is 4. The first-order valence-electron chi connectivity index (χ1n) is 14.0. The van der Waals surface area contributed by atoms with Gasteiger partial charge in [0.1, 0.15) is 11.5 Å². The highest BCUT2D eigenvalue weighted by Gasteiger charge is 2.14. The lowest BCUT2D eigenvalue weighted by atomic mass is 10.0. The van der Waals surface area contributed by atoms with E-state index in [4.69, 9.17) is 14.2 Å². The summed E-state index contributed by atoms with van der Waals surface area (Å²) in [7, 11) is 1.49. The molecule has 0 saturated heterocycles. The molecule has 0 radical (unpaired) electrons. The highest BCUT2D eigenvalue weighted by molar-refractivity contribution is 5.90. The van der Waals surface area contributed by atoms with Gasteiger partial charge in [0.25, 0.3) is 0 Å². The highest BCUT2D eigenvalue weighted by Crippen LogP contribution is 2.29. The number of rotatable bonds is 10. The van der Waals surface area contributed by atoms with Gasteiger partial charge in [-0.15, -0.1) is 0 Å². The number of methoxy groups -OCH3 is 1. The number of carbonyl (C=O) groups excluding carboxylic acids is 2. The van der Waals surface area contributed by atoms with Crippen LogP contribution in [0.25, 0.3) is 22.3 Å². The third-order valence-corrected chi connectivity index (χ3v) is 6.59. The summed E-state index contributed by atoms with van der Waals surface area (Å²) in [6, 6.07) is 29.2. The maximum Gasteiger partial charge on any atom is 0.341 e. The quantitative estimate of drug-likeness (QED) is 0.0838. The molecule has 0 spiro atoms. The Morgan fingerprint density at radius 3 is 1.91 bits per heavy atom. The lowest BCUT2D eigenvalue weighted by molar-refractivity contribution is -0.131. The van der Waals surface area contributed by atoms with E-state index in [9.17, 15) is 9.59 Å². The molecule has 0 aromatic heterocycles. The number of carbonyl (C=O) groups is 2. The molecule has 43 heavy (non-hydrogen) atoms. The third-order valence-electron chi connectivity index (χ3n) is 6.59. The molecule has 0 aliphatic rings. The molecule has 0 amide bonds. The van der Waals surface area contributed by atoms with Crippen molar-refractivity contribution in [3.63, 3.8) is 0 Å². The van der Waals surface area contributed by atoms with Gasteiger partial charge in [-0.2, -0.15) is 0 Å². The van der Waals surface area contributed by atoms with Gasteiger partial charge in [-0.25, -0.2) is 9.59 Å². The Hall–Kier alpha value is -5.18. The fourth-order valence-corrected chi connectivity index (χ4v) is 4.25. The van der Waals surface area contributed by atoms with Gasteiger partial charge in [0.05, 0.1) is 17.7 Å². The first-order valence-corrected chi connectivity index (χ1v) is 14.0. The Labute approximate surface area is 253 Å². The minimum atomic E-state index is -0.587. The van der Waals surface area contributed by atoms with Crippen molar-refractivity contribution in [2.75, 3.05) is 13.7 Å².